The van der Waals surface area contributed by atoms with Gasteiger partial charge in [-0.1, -0.05) is 58.8 Å². The fourth-order valence-corrected chi connectivity index (χ4v) is 4.38. The first-order valence-corrected chi connectivity index (χ1v) is 9.09. The molecule has 0 saturated carbocycles. The molecule has 2 saturated heterocycles. The smallest absolute Gasteiger partial charge is 0.0124 e. The third kappa shape index (κ3) is 4.48. The molecule has 0 aromatic heterocycles. The van der Waals surface area contributed by atoms with Gasteiger partial charge in [0, 0.05) is 12.6 Å². The van der Waals surface area contributed by atoms with Crippen LogP contribution in [0, 0.1) is 11.8 Å². The van der Waals surface area contributed by atoms with E-state index in [0.29, 0.717) is 0 Å². The zero-order valence-electron chi connectivity index (χ0n) is 13.4. The fourth-order valence-electron chi connectivity index (χ4n) is 4.38. The third-order valence-electron chi connectivity index (χ3n) is 5.59. The molecule has 0 aromatic carbocycles. The number of nitrogens with zero attached hydrogens (tertiary/aromatic N) is 1. The molecule has 0 amide bonds. The van der Waals surface area contributed by atoms with Gasteiger partial charge in [0.2, 0.25) is 0 Å². The number of piperidine rings is 1. The van der Waals surface area contributed by atoms with Gasteiger partial charge in [-0.3, -0.25) is 4.90 Å². The molecule has 0 N–H and O–H groups in total. The second-order valence-electron chi connectivity index (χ2n) is 7.03. The first-order chi connectivity index (χ1) is 9.35. The van der Waals surface area contributed by atoms with E-state index in [4.69, 9.17) is 0 Å². The standard InChI is InChI=1S/C18H35N/c1-3-5-6-8-11-17-14-16(4-2)15-19-13-10-7-9-12-18(17)19/h16-18H,3-15H2,1-2H3. The van der Waals surface area contributed by atoms with Gasteiger partial charge in [0.25, 0.3) is 0 Å². The van der Waals surface area contributed by atoms with Crippen LogP contribution in [0.2, 0.25) is 0 Å². The molecule has 1 heteroatoms. The van der Waals surface area contributed by atoms with Gasteiger partial charge in [0.05, 0.1) is 0 Å². The maximum Gasteiger partial charge on any atom is 0.0124 e. The van der Waals surface area contributed by atoms with E-state index in [1.54, 1.807) is 0 Å². The SMILES string of the molecule is CCCCCCC1CC(CC)CN2CCCCCC12. The van der Waals surface area contributed by atoms with Crippen molar-refractivity contribution in [2.45, 2.75) is 90.5 Å². The van der Waals surface area contributed by atoms with E-state index >= 15 is 0 Å². The van der Waals surface area contributed by atoms with Gasteiger partial charge in [-0.2, -0.15) is 0 Å². The quantitative estimate of drug-likeness (QED) is 0.593. The number of hydrogen-bond donors (Lipinski definition) is 0. The van der Waals surface area contributed by atoms with E-state index in [1.165, 1.54) is 83.7 Å². The lowest BCUT2D eigenvalue weighted by Gasteiger charge is -2.44. The van der Waals surface area contributed by atoms with Crippen molar-refractivity contribution >= 4 is 0 Å². The second-order valence-corrected chi connectivity index (χ2v) is 7.03. The summed E-state index contributed by atoms with van der Waals surface area (Å²) in [6.07, 6.45) is 16.1. The Labute approximate surface area is 121 Å². The highest BCUT2D eigenvalue weighted by molar-refractivity contribution is 4.89. The van der Waals surface area contributed by atoms with E-state index in [2.05, 4.69) is 18.7 Å². The molecular formula is C18H35N. The lowest BCUT2D eigenvalue weighted by molar-refractivity contribution is 0.0499. The first kappa shape index (κ1) is 15.4. The summed E-state index contributed by atoms with van der Waals surface area (Å²) in [4.78, 5) is 2.88. The van der Waals surface area contributed by atoms with Crippen LogP contribution in [0.15, 0.2) is 0 Å². The van der Waals surface area contributed by atoms with Crippen molar-refractivity contribution in [3.05, 3.63) is 0 Å². The van der Waals surface area contributed by atoms with Crippen LogP contribution in [0.25, 0.3) is 0 Å². The number of rotatable bonds is 6. The molecule has 1 nitrogen and oxygen atoms in total. The molecule has 0 bridgehead atoms. The molecule has 0 aromatic rings. The Morgan fingerprint density at radius 2 is 1.89 bits per heavy atom. The second kappa shape index (κ2) is 8.29. The van der Waals surface area contributed by atoms with Crippen LogP contribution in [0.3, 0.4) is 0 Å². The summed E-state index contributed by atoms with van der Waals surface area (Å²) in [7, 11) is 0. The molecule has 3 atom stereocenters. The Hall–Kier alpha value is -0.0400. The molecule has 19 heavy (non-hydrogen) atoms. The zero-order chi connectivity index (χ0) is 13.5. The monoisotopic (exact) mass is 265 g/mol. The molecule has 0 radical (unpaired) electrons. The summed E-state index contributed by atoms with van der Waals surface area (Å²) < 4.78 is 0. The molecule has 112 valence electrons. The highest BCUT2D eigenvalue weighted by Crippen LogP contribution is 2.36. The fraction of sp³-hybridized carbons (Fsp3) is 1.00. The van der Waals surface area contributed by atoms with Crippen molar-refractivity contribution in [2.24, 2.45) is 11.8 Å². The van der Waals surface area contributed by atoms with Crippen LogP contribution in [-0.4, -0.2) is 24.0 Å². The molecule has 3 unspecified atom stereocenters. The van der Waals surface area contributed by atoms with Gasteiger partial charge < -0.3 is 0 Å². The topological polar surface area (TPSA) is 3.24 Å². The highest BCUT2D eigenvalue weighted by Gasteiger charge is 2.35. The van der Waals surface area contributed by atoms with E-state index in [-0.39, 0.29) is 0 Å². The largest absolute Gasteiger partial charge is 0.300 e. The van der Waals surface area contributed by atoms with E-state index in [1.807, 2.05) is 0 Å². The van der Waals surface area contributed by atoms with Crippen molar-refractivity contribution < 1.29 is 0 Å². The minimum atomic E-state index is 0.951. The number of unbranched alkanes of at least 4 members (excludes halogenated alkanes) is 3. The molecule has 0 aliphatic carbocycles. The van der Waals surface area contributed by atoms with Crippen LogP contribution in [0.5, 0.6) is 0 Å². The minimum absolute atomic E-state index is 0.951. The van der Waals surface area contributed by atoms with Crippen LogP contribution in [0.4, 0.5) is 0 Å². The molecular weight excluding hydrogens is 230 g/mol. The molecule has 0 spiro atoms. The van der Waals surface area contributed by atoms with Crippen molar-refractivity contribution in [1.82, 2.24) is 4.90 Å². The summed E-state index contributed by atoms with van der Waals surface area (Å²) in [6, 6.07) is 0.951. The maximum absolute atomic E-state index is 2.88. The van der Waals surface area contributed by atoms with Gasteiger partial charge in [-0.15, -0.1) is 0 Å². The Bertz CT molecular complexity index is 238. The molecule has 2 fully saturated rings. The van der Waals surface area contributed by atoms with Gasteiger partial charge in [0.15, 0.2) is 0 Å². The predicted octanol–water partition coefficient (Wildman–Crippen LogP) is 5.25. The maximum atomic E-state index is 2.88. The van der Waals surface area contributed by atoms with Gasteiger partial charge in [-0.05, 0) is 44.1 Å². The lowest BCUT2D eigenvalue weighted by Crippen LogP contribution is -2.48. The Kier molecular flexibility index (Phi) is 6.70. The molecule has 2 aliphatic heterocycles. The van der Waals surface area contributed by atoms with Crippen molar-refractivity contribution in [3.63, 3.8) is 0 Å². The van der Waals surface area contributed by atoms with Crippen molar-refractivity contribution in [2.75, 3.05) is 13.1 Å². The van der Waals surface area contributed by atoms with Crippen LogP contribution >= 0.6 is 0 Å². The summed E-state index contributed by atoms with van der Waals surface area (Å²) in [6.45, 7) is 7.52. The van der Waals surface area contributed by atoms with Gasteiger partial charge >= 0.3 is 0 Å². The first-order valence-electron chi connectivity index (χ1n) is 9.09. The molecule has 2 heterocycles. The van der Waals surface area contributed by atoms with Crippen molar-refractivity contribution in [1.29, 1.82) is 0 Å². The van der Waals surface area contributed by atoms with Gasteiger partial charge in [0.1, 0.15) is 0 Å². The Morgan fingerprint density at radius 1 is 1.00 bits per heavy atom. The number of hydrogen-bond acceptors (Lipinski definition) is 1. The predicted molar refractivity (Wildman–Crippen MR) is 84.5 cm³/mol. The van der Waals surface area contributed by atoms with E-state index < -0.39 is 0 Å². The zero-order valence-corrected chi connectivity index (χ0v) is 13.4. The van der Waals surface area contributed by atoms with E-state index in [9.17, 15) is 0 Å². The summed E-state index contributed by atoms with van der Waals surface area (Å²) in [5.74, 6) is 2.01. The summed E-state index contributed by atoms with van der Waals surface area (Å²) in [5.41, 5.74) is 0. The van der Waals surface area contributed by atoms with Crippen molar-refractivity contribution in [3.8, 4) is 0 Å². The third-order valence-corrected chi connectivity index (χ3v) is 5.59. The average molecular weight is 265 g/mol. The Morgan fingerprint density at radius 3 is 2.68 bits per heavy atom. The normalized spacial score (nSPS) is 32.8. The highest BCUT2D eigenvalue weighted by atomic mass is 15.2. The van der Waals surface area contributed by atoms with Gasteiger partial charge in [-0.25, -0.2) is 0 Å². The van der Waals surface area contributed by atoms with E-state index in [0.717, 1.165) is 17.9 Å². The molecule has 2 aliphatic rings. The molecule has 2 rings (SSSR count). The lowest BCUT2D eigenvalue weighted by atomic mass is 9.78. The minimum Gasteiger partial charge on any atom is -0.300 e. The summed E-state index contributed by atoms with van der Waals surface area (Å²) in [5, 5.41) is 0. The Balaban J connectivity index is 1.88. The van der Waals surface area contributed by atoms with Crippen LogP contribution in [-0.2, 0) is 0 Å². The summed E-state index contributed by atoms with van der Waals surface area (Å²) >= 11 is 0. The number of fused-ring (bicyclic) bond motifs is 1. The van der Waals surface area contributed by atoms with Crippen LogP contribution < -0.4 is 0 Å². The van der Waals surface area contributed by atoms with Crippen LogP contribution in [0.1, 0.15) is 84.5 Å². The average Bonchev–Trinajstić information content (AvgIpc) is 2.68.